The maximum Gasteiger partial charge on any atom is 0.320 e. The lowest BCUT2D eigenvalue weighted by atomic mass is 10.3. The second-order valence-electron chi connectivity index (χ2n) is 4.52. The Morgan fingerprint density at radius 3 is 2.61 bits per heavy atom. The van der Waals surface area contributed by atoms with Crippen molar-refractivity contribution < 1.29 is 9.59 Å². The van der Waals surface area contributed by atoms with Crippen LogP contribution in [-0.4, -0.2) is 65.2 Å². The van der Waals surface area contributed by atoms with Gasteiger partial charge in [0, 0.05) is 40.4 Å². The minimum Gasteiger partial charge on any atom is -0.331 e. The summed E-state index contributed by atoms with van der Waals surface area (Å²) in [5, 5.41) is 4.04. The third-order valence-electron chi connectivity index (χ3n) is 2.88. The average molecular weight is 251 g/mol. The van der Waals surface area contributed by atoms with Crippen LogP contribution in [0, 0.1) is 0 Å². The number of urea groups is 1. The number of hydrogen-bond donors (Lipinski definition) is 0. The number of amides is 3. The van der Waals surface area contributed by atoms with Gasteiger partial charge in [-0.1, -0.05) is 0 Å². The molecule has 0 saturated carbocycles. The van der Waals surface area contributed by atoms with Crippen LogP contribution in [0.2, 0.25) is 0 Å². The van der Waals surface area contributed by atoms with Gasteiger partial charge in [-0.2, -0.15) is 5.10 Å². The van der Waals surface area contributed by atoms with Crippen LogP contribution >= 0.6 is 0 Å². The molecule has 0 bridgehead atoms. The van der Waals surface area contributed by atoms with Crippen LogP contribution in [0.4, 0.5) is 10.5 Å². The molecule has 3 amide bonds. The smallest absolute Gasteiger partial charge is 0.320 e. The number of piperazine rings is 1. The highest BCUT2D eigenvalue weighted by atomic mass is 16.2. The van der Waals surface area contributed by atoms with Crippen molar-refractivity contribution >= 4 is 17.6 Å². The molecule has 7 heteroatoms. The van der Waals surface area contributed by atoms with Crippen molar-refractivity contribution in [1.82, 2.24) is 19.6 Å². The summed E-state index contributed by atoms with van der Waals surface area (Å²) in [6, 6.07) is -0.130. The second-order valence-corrected chi connectivity index (χ2v) is 4.52. The normalized spacial score (nSPS) is 16.1. The topological polar surface area (TPSA) is 61.7 Å². The maximum atomic E-state index is 12.0. The van der Waals surface area contributed by atoms with Crippen molar-refractivity contribution in [3.8, 4) is 0 Å². The number of aromatic nitrogens is 2. The van der Waals surface area contributed by atoms with Crippen LogP contribution in [0.3, 0.4) is 0 Å². The zero-order valence-electron chi connectivity index (χ0n) is 10.8. The summed E-state index contributed by atoms with van der Waals surface area (Å²) in [6.45, 7) is 1.16. The van der Waals surface area contributed by atoms with Crippen molar-refractivity contribution in [2.24, 2.45) is 7.05 Å². The highest BCUT2D eigenvalue weighted by Crippen LogP contribution is 2.16. The maximum absolute atomic E-state index is 12.0. The van der Waals surface area contributed by atoms with E-state index in [1.807, 2.05) is 0 Å². The highest BCUT2D eigenvalue weighted by Gasteiger charge is 2.29. The van der Waals surface area contributed by atoms with Crippen LogP contribution in [0.5, 0.6) is 0 Å². The first-order valence-electron chi connectivity index (χ1n) is 5.74. The molecule has 1 saturated heterocycles. The molecule has 0 aliphatic carbocycles. The Bertz CT molecular complexity index is 468. The molecule has 1 fully saturated rings. The van der Waals surface area contributed by atoms with E-state index in [2.05, 4.69) is 5.10 Å². The van der Waals surface area contributed by atoms with Gasteiger partial charge in [-0.15, -0.1) is 0 Å². The van der Waals surface area contributed by atoms with Gasteiger partial charge in [-0.25, -0.2) is 4.79 Å². The molecule has 1 aliphatic heterocycles. The number of nitrogens with zero attached hydrogens (tertiary/aromatic N) is 5. The van der Waals surface area contributed by atoms with Gasteiger partial charge >= 0.3 is 6.03 Å². The minimum atomic E-state index is -0.130. The van der Waals surface area contributed by atoms with Crippen molar-refractivity contribution in [3.63, 3.8) is 0 Å². The Kier molecular flexibility index (Phi) is 3.22. The fraction of sp³-hybridized carbons (Fsp3) is 0.545. The van der Waals surface area contributed by atoms with Crippen molar-refractivity contribution in [3.05, 3.63) is 12.4 Å². The Hall–Kier alpha value is -2.05. The van der Waals surface area contributed by atoms with Gasteiger partial charge in [0.1, 0.15) is 6.54 Å². The van der Waals surface area contributed by atoms with Gasteiger partial charge < -0.3 is 14.7 Å². The molecule has 98 valence electrons. The Morgan fingerprint density at radius 2 is 2.11 bits per heavy atom. The highest BCUT2D eigenvalue weighted by molar-refractivity contribution is 5.97. The van der Waals surface area contributed by atoms with E-state index in [4.69, 9.17) is 0 Å². The van der Waals surface area contributed by atoms with E-state index in [0.717, 1.165) is 5.69 Å². The number of anilines is 1. The Labute approximate surface area is 106 Å². The molecule has 0 radical (unpaired) electrons. The standard InChI is InChI=1S/C11H17N5O2/c1-13(2)11(18)15-4-5-16(10(17)8-15)9-6-12-14(3)7-9/h6-7H,4-5,8H2,1-3H3. The van der Waals surface area contributed by atoms with Gasteiger partial charge in [0.15, 0.2) is 0 Å². The summed E-state index contributed by atoms with van der Waals surface area (Å²) in [5.41, 5.74) is 0.777. The SMILES string of the molecule is CN(C)C(=O)N1CCN(c2cnn(C)c2)C(=O)C1. The van der Waals surface area contributed by atoms with Gasteiger partial charge in [0.05, 0.1) is 11.9 Å². The summed E-state index contributed by atoms with van der Waals surface area (Å²) in [4.78, 5) is 28.5. The summed E-state index contributed by atoms with van der Waals surface area (Å²) in [7, 11) is 5.17. The fourth-order valence-electron chi connectivity index (χ4n) is 1.94. The lowest BCUT2D eigenvalue weighted by molar-refractivity contribution is -0.120. The molecular formula is C11H17N5O2. The number of hydrogen-bond acceptors (Lipinski definition) is 3. The summed E-state index contributed by atoms with van der Waals surface area (Å²) in [6.07, 6.45) is 3.45. The first kappa shape index (κ1) is 12.4. The molecule has 1 aliphatic rings. The third kappa shape index (κ3) is 2.29. The molecule has 0 aromatic carbocycles. The number of carbonyl (C=O) groups excluding carboxylic acids is 2. The summed E-state index contributed by atoms with van der Waals surface area (Å²) >= 11 is 0. The van der Waals surface area contributed by atoms with Crippen LogP contribution in [0.25, 0.3) is 0 Å². The lowest BCUT2D eigenvalue weighted by Crippen LogP contribution is -2.54. The van der Waals surface area contributed by atoms with E-state index in [1.54, 1.807) is 48.0 Å². The zero-order valence-corrected chi connectivity index (χ0v) is 10.8. The summed E-state index contributed by atoms with van der Waals surface area (Å²) < 4.78 is 1.65. The molecule has 0 spiro atoms. The van der Waals surface area contributed by atoms with E-state index >= 15 is 0 Å². The predicted molar refractivity (Wildman–Crippen MR) is 66.2 cm³/mol. The van der Waals surface area contributed by atoms with E-state index in [0.29, 0.717) is 13.1 Å². The quantitative estimate of drug-likeness (QED) is 0.691. The Balaban J connectivity index is 2.05. The monoisotopic (exact) mass is 251 g/mol. The predicted octanol–water partition coefficient (Wildman–Crippen LogP) is -0.250. The van der Waals surface area contributed by atoms with E-state index < -0.39 is 0 Å². The number of rotatable bonds is 1. The molecule has 7 nitrogen and oxygen atoms in total. The van der Waals surface area contributed by atoms with Gasteiger partial charge in [0.2, 0.25) is 5.91 Å². The molecule has 1 aromatic heterocycles. The van der Waals surface area contributed by atoms with E-state index in [1.165, 1.54) is 4.90 Å². The van der Waals surface area contributed by atoms with Crippen molar-refractivity contribution in [2.75, 3.05) is 38.6 Å². The number of aryl methyl sites for hydroxylation is 1. The molecule has 2 rings (SSSR count). The number of carbonyl (C=O) groups is 2. The van der Waals surface area contributed by atoms with E-state index in [9.17, 15) is 9.59 Å². The lowest BCUT2D eigenvalue weighted by Gasteiger charge is -2.34. The molecular weight excluding hydrogens is 234 g/mol. The zero-order chi connectivity index (χ0) is 13.3. The van der Waals surface area contributed by atoms with Crippen LogP contribution in [0.15, 0.2) is 12.4 Å². The Morgan fingerprint density at radius 1 is 1.39 bits per heavy atom. The fourth-order valence-corrected chi connectivity index (χ4v) is 1.94. The van der Waals surface area contributed by atoms with Crippen molar-refractivity contribution in [2.45, 2.75) is 0 Å². The first-order valence-corrected chi connectivity index (χ1v) is 5.74. The molecule has 2 heterocycles. The van der Waals surface area contributed by atoms with E-state index in [-0.39, 0.29) is 18.5 Å². The third-order valence-corrected chi connectivity index (χ3v) is 2.88. The molecule has 0 atom stereocenters. The van der Waals surface area contributed by atoms with Gasteiger partial charge in [-0.3, -0.25) is 9.48 Å². The van der Waals surface area contributed by atoms with Gasteiger partial charge in [-0.05, 0) is 0 Å². The second kappa shape index (κ2) is 4.67. The minimum absolute atomic E-state index is 0.0792. The van der Waals surface area contributed by atoms with Crippen LogP contribution < -0.4 is 4.90 Å². The van der Waals surface area contributed by atoms with Crippen LogP contribution in [-0.2, 0) is 11.8 Å². The average Bonchev–Trinajstić information content (AvgIpc) is 2.74. The molecule has 0 N–H and O–H groups in total. The van der Waals surface area contributed by atoms with Gasteiger partial charge in [0.25, 0.3) is 0 Å². The van der Waals surface area contributed by atoms with Crippen molar-refractivity contribution in [1.29, 1.82) is 0 Å². The first-order chi connectivity index (χ1) is 8.49. The molecule has 0 unspecified atom stereocenters. The summed E-state index contributed by atoms with van der Waals surface area (Å²) in [5.74, 6) is -0.0792. The molecule has 1 aromatic rings. The largest absolute Gasteiger partial charge is 0.331 e. The molecule has 18 heavy (non-hydrogen) atoms. The van der Waals surface area contributed by atoms with Crippen LogP contribution in [0.1, 0.15) is 0 Å².